The van der Waals surface area contributed by atoms with Gasteiger partial charge in [0.2, 0.25) is 5.91 Å². The minimum Gasteiger partial charge on any atom is -0.324 e. The number of hydrogen-bond acceptors (Lipinski definition) is 3. The first-order valence-corrected chi connectivity index (χ1v) is 9.70. The molecule has 1 saturated heterocycles. The number of thioether (sulfide) groups is 1. The number of hydrogen-bond donors (Lipinski definition) is 1. The topological polar surface area (TPSA) is 49.4 Å². The predicted octanol–water partition coefficient (Wildman–Crippen LogP) is 4.15. The summed E-state index contributed by atoms with van der Waals surface area (Å²) in [5, 5.41) is 2.78. The van der Waals surface area contributed by atoms with Gasteiger partial charge >= 0.3 is 0 Å². The van der Waals surface area contributed by atoms with Gasteiger partial charge in [0, 0.05) is 17.0 Å². The summed E-state index contributed by atoms with van der Waals surface area (Å²) in [6, 6.07) is 14.1. The number of benzene rings is 2. The van der Waals surface area contributed by atoms with Crippen LogP contribution in [0.4, 0.5) is 10.1 Å². The molecule has 2 aromatic rings. The number of carbonyl (C=O) groups is 2. The number of rotatable bonds is 5. The summed E-state index contributed by atoms with van der Waals surface area (Å²) in [6.45, 7) is 2.07. The van der Waals surface area contributed by atoms with Crippen molar-refractivity contribution < 1.29 is 14.0 Å². The van der Waals surface area contributed by atoms with Crippen molar-refractivity contribution in [1.29, 1.82) is 0 Å². The van der Waals surface area contributed by atoms with Gasteiger partial charge in [0.15, 0.2) is 0 Å². The third-order valence-corrected chi connectivity index (χ3v) is 5.65. The van der Waals surface area contributed by atoms with Gasteiger partial charge in [0.25, 0.3) is 5.91 Å². The zero-order chi connectivity index (χ0) is 18.5. The maximum Gasteiger partial charge on any atom is 0.255 e. The number of nitrogens with zero attached hydrogens (tertiary/aromatic N) is 1. The Bertz CT molecular complexity index is 767. The predicted molar refractivity (Wildman–Crippen MR) is 103 cm³/mol. The van der Waals surface area contributed by atoms with Gasteiger partial charge in [-0.25, -0.2) is 4.39 Å². The fourth-order valence-corrected chi connectivity index (χ4v) is 4.52. The third-order valence-electron chi connectivity index (χ3n) is 4.30. The molecule has 26 heavy (non-hydrogen) atoms. The summed E-state index contributed by atoms with van der Waals surface area (Å²) < 4.78 is 13.0. The van der Waals surface area contributed by atoms with Crippen molar-refractivity contribution in [3.05, 3.63) is 66.0 Å². The Morgan fingerprint density at radius 2 is 1.85 bits per heavy atom. The molecule has 2 amide bonds. The summed E-state index contributed by atoms with van der Waals surface area (Å²) in [4.78, 5) is 27.5. The fraction of sp³-hybridized carbons (Fsp3) is 0.300. The zero-order valence-electron chi connectivity index (χ0n) is 14.5. The molecule has 0 aliphatic carbocycles. The van der Waals surface area contributed by atoms with Crippen LogP contribution in [0.1, 0.15) is 30.1 Å². The highest BCUT2D eigenvalue weighted by Gasteiger charge is 2.41. The number of halogens is 1. The highest BCUT2D eigenvalue weighted by molar-refractivity contribution is 8.00. The van der Waals surface area contributed by atoms with E-state index in [4.69, 9.17) is 0 Å². The van der Waals surface area contributed by atoms with E-state index in [1.54, 1.807) is 28.8 Å². The van der Waals surface area contributed by atoms with Gasteiger partial charge < -0.3 is 10.2 Å². The number of nitrogens with one attached hydrogen (secondary N) is 1. The summed E-state index contributed by atoms with van der Waals surface area (Å²) >= 11 is 1.63. The molecule has 4 nitrogen and oxygen atoms in total. The SMILES string of the molecule is CCCC1SCC(C(=O)Nc2ccc(F)cc2)N1C(=O)c1ccccc1. The number of anilines is 1. The standard InChI is InChI=1S/C20H21FN2O2S/c1-2-6-18-23(20(25)14-7-4-3-5-8-14)17(13-26-18)19(24)22-16-11-9-15(21)10-12-16/h3-5,7-12,17-18H,2,6,13H2,1H3,(H,22,24). The van der Waals surface area contributed by atoms with Gasteiger partial charge in [0.05, 0.1) is 5.37 Å². The van der Waals surface area contributed by atoms with Crippen molar-refractivity contribution in [2.24, 2.45) is 0 Å². The Morgan fingerprint density at radius 1 is 1.15 bits per heavy atom. The molecule has 0 radical (unpaired) electrons. The van der Waals surface area contributed by atoms with E-state index in [1.165, 1.54) is 24.3 Å². The highest BCUT2D eigenvalue weighted by Crippen LogP contribution is 2.34. The van der Waals surface area contributed by atoms with E-state index in [-0.39, 0.29) is 23.0 Å². The number of carbonyl (C=O) groups excluding carboxylic acids is 2. The van der Waals surface area contributed by atoms with Crippen LogP contribution >= 0.6 is 11.8 Å². The third kappa shape index (κ3) is 4.07. The lowest BCUT2D eigenvalue weighted by atomic mass is 10.1. The Morgan fingerprint density at radius 3 is 2.50 bits per heavy atom. The molecule has 2 aromatic carbocycles. The molecule has 1 fully saturated rings. The van der Waals surface area contributed by atoms with Crippen LogP contribution in [0.25, 0.3) is 0 Å². The molecule has 1 aliphatic heterocycles. The van der Waals surface area contributed by atoms with Crippen molar-refractivity contribution in [3.8, 4) is 0 Å². The van der Waals surface area contributed by atoms with Crippen LogP contribution in [0.15, 0.2) is 54.6 Å². The second-order valence-electron chi connectivity index (χ2n) is 6.17. The molecule has 0 aromatic heterocycles. The summed E-state index contributed by atoms with van der Waals surface area (Å²) in [5.41, 5.74) is 1.10. The van der Waals surface area contributed by atoms with Gasteiger partial charge in [-0.15, -0.1) is 11.8 Å². The monoisotopic (exact) mass is 372 g/mol. The Balaban J connectivity index is 1.80. The molecule has 136 valence electrons. The second-order valence-corrected chi connectivity index (χ2v) is 7.38. The van der Waals surface area contributed by atoms with Gasteiger partial charge in [-0.1, -0.05) is 31.5 Å². The van der Waals surface area contributed by atoms with Crippen molar-refractivity contribution in [3.63, 3.8) is 0 Å². The van der Waals surface area contributed by atoms with Gasteiger partial charge in [-0.3, -0.25) is 9.59 Å². The lowest BCUT2D eigenvalue weighted by molar-refractivity contribution is -0.119. The Kier molecular flexibility index (Phi) is 5.93. The van der Waals surface area contributed by atoms with Crippen LogP contribution in [0.3, 0.4) is 0 Å². The first-order valence-electron chi connectivity index (χ1n) is 8.66. The van der Waals surface area contributed by atoms with Crippen molar-refractivity contribution in [2.45, 2.75) is 31.2 Å². The van der Waals surface area contributed by atoms with Crippen LogP contribution in [-0.2, 0) is 4.79 Å². The summed E-state index contributed by atoms with van der Waals surface area (Å²) in [7, 11) is 0. The van der Waals surface area contributed by atoms with E-state index >= 15 is 0 Å². The largest absolute Gasteiger partial charge is 0.324 e. The van der Waals surface area contributed by atoms with Crippen LogP contribution in [0.5, 0.6) is 0 Å². The first kappa shape index (κ1) is 18.5. The average Bonchev–Trinajstić information content (AvgIpc) is 3.08. The average molecular weight is 372 g/mol. The minimum absolute atomic E-state index is 0.0170. The molecule has 0 saturated carbocycles. The van der Waals surface area contributed by atoms with Crippen LogP contribution < -0.4 is 5.32 Å². The lowest BCUT2D eigenvalue weighted by Gasteiger charge is -2.28. The van der Waals surface area contributed by atoms with E-state index in [0.717, 1.165) is 12.8 Å². The molecule has 1 aliphatic rings. The van der Waals surface area contributed by atoms with E-state index in [2.05, 4.69) is 12.2 Å². The maximum absolute atomic E-state index is 13.0. The van der Waals surface area contributed by atoms with Crippen molar-refractivity contribution >= 4 is 29.3 Å². The van der Waals surface area contributed by atoms with Crippen LogP contribution in [0, 0.1) is 5.82 Å². The molecule has 6 heteroatoms. The van der Waals surface area contributed by atoms with Gasteiger partial charge in [-0.2, -0.15) is 0 Å². The molecule has 0 bridgehead atoms. The molecular formula is C20H21FN2O2S. The second kappa shape index (κ2) is 8.36. The zero-order valence-corrected chi connectivity index (χ0v) is 15.3. The Labute approximate surface area is 156 Å². The van der Waals surface area contributed by atoms with E-state index in [1.807, 2.05) is 18.2 Å². The molecule has 2 unspecified atom stereocenters. The van der Waals surface area contributed by atoms with Crippen LogP contribution in [-0.4, -0.2) is 33.9 Å². The normalized spacial score (nSPS) is 19.4. The highest BCUT2D eigenvalue weighted by atomic mass is 32.2. The lowest BCUT2D eigenvalue weighted by Crippen LogP contribution is -2.47. The summed E-state index contributed by atoms with van der Waals surface area (Å²) in [6.07, 6.45) is 1.77. The quantitative estimate of drug-likeness (QED) is 0.858. The molecule has 3 rings (SSSR count). The van der Waals surface area contributed by atoms with Crippen LogP contribution in [0.2, 0.25) is 0 Å². The molecule has 1 N–H and O–H groups in total. The van der Waals surface area contributed by atoms with E-state index in [0.29, 0.717) is 17.0 Å². The summed E-state index contributed by atoms with van der Waals surface area (Å²) in [5.74, 6) is -0.181. The van der Waals surface area contributed by atoms with Gasteiger partial charge in [0.1, 0.15) is 11.9 Å². The molecule has 0 spiro atoms. The Hall–Kier alpha value is -2.34. The minimum atomic E-state index is -0.547. The maximum atomic E-state index is 13.0. The van der Waals surface area contributed by atoms with Gasteiger partial charge in [-0.05, 0) is 42.8 Å². The fourth-order valence-electron chi connectivity index (χ4n) is 3.00. The van der Waals surface area contributed by atoms with Crippen molar-refractivity contribution in [1.82, 2.24) is 4.90 Å². The number of amides is 2. The first-order chi connectivity index (χ1) is 12.6. The van der Waals surface area contributed by atoms with E-state index in [9.17, 15) is 14.0 Å². The molecule has 2 atom stereocenters. The smallest absolute Gasteiger partial charge is 0.255 e. The van der Waals surface area contributed by atoms with E-state index < -0.39 is 6.04 Å². The molecular weight excluding hydrogens is 351 g/mol. The van der Waals surface area contributed by atoms with Crippen molar-refractivity contribution in [2.75, 3.05) is 11.1 Å². The molecule has 1 heterocycles.